The largest absolute Gasteiger partial charge is 0.356 e. The van der Waals surface area contributed by atoms with Gasteiger partial charge in [0.1, 0.15) is 0 Å². The molecule has 1 unspecified atom stereocenters. The lowest BCUT2D eigenvalue weighted by atomic mass is 10.1. The number of likely N-dealkylation sites (tertiary alicyclic amines) is 1. The maximum Gasteiger partial charge on any atom is 0.225 e. The molecule has 18 heavy (non-hydrogen) atoms. The van der Waals surface area contributed by atoms with Crippen molar-refractivity contribution in [3.05, 3.63) is 0 Å². The summed E-state index contributed by atoms with van der Waals surface area (Å²) in [6.07, 6.45) is 7.32. The number of hydrogen-bond acceptors (Lipinski definition) is 2. The van der Waals surface area contributed by atoms with Gasteiger partial charge in [0.05, 0.1) is 5.92 Å². The molecule has 0 aromatic rings. The van der Waals surface area contributed by atoms with E-state index in [-0.39, 0.29) is 17.7 Å². The van der Waals surface area contributed by atoms with E-state index in [1.54, 1.807) is 0 Å². The van der Waals surface area contributed by atoms with Crippen LogP contribution in [0.25, 0.3) is 0 Å². The van der Waals surface area contributed by atoms with Crippen LogP contribution in [0.1, 0.15) is 51.9 Å². The van der Waals surface area contributed by atoms with Crippen LogP contribution >= 0.6 is 0 Å². The minimum Gasteiger partial charge on any atom is -0.356 e. The summed E-state index contributed by atoms with van der Waals surface area (Å²) in [5.74, 6) is 0.135. The van der Waals surface area contributed by atoms with E-state index >= 15 is 0 Å². The quantitative estimate of drug-likeness (QED) is 0.701. The number of carbonyl (C=O) groups is 2. The second-order valence-corrected chi connectivity index (χ2v) is 5.53. The Hall–Kier alpha value is -1.06. The molecule has 2 aliphatic rings. The number of nitrogens with zero attached hydrogens (tertiary/aromatic N) is 1. The molecule has 0 radical (unpaired) electrons. The molecule has 2 rings (SSSR count). The van der Waals surface area contributed by atoms with Gasteiger partial charge >= 0.3 is 0 Å². The van der Waals surface area contributed by atoms with Crippen molar-refractivity contribution < 1.29 is 9.59 Å². The minimum absolute atomic E-state index is 0.0722. The van der Waals surface area contributed by atoms with Crippen molar-refractivity contribution in [3.8, 4) is 0 Å². The second kappa shape index (κ2) is 6.21. The van der Waals surface area contributed by atoms with Crippen molar-refractivity contribution in [2.24, 2.45) is 5.92 Å². The molecule has 1 aliphatic heterocycles. The molecule has 1 N–H and O–H groups in total. The zero-order valence-corrected chi connectivity index (χ0v) is 11.3. The number of hydrogen-bond donors (Lipinski definition) is 1. The molecule has 2 fully saturated rings. The molecular formula is C14H24N2O2. The van der Waals surface area contributed by atoms with Gasteiger partial charge < -0.3 is 10.2 Å². The summed E-state index contributed by atoms with van der Waals surface area (Å²) in [4.78, 5) is 25.6. The van der Waals surface area contributed by atoms with Crippen LogP contribution in [0, 0.1) is 5.92 Å². The summed E-state index contributed by atoms with van der Waals surface area (Å²) in [7, 11) is 0. The Balaban J connectivity index is 1.65. The summed E-state index contributed by atoms with van der Waals surface area (Å²) in [5.41, 5.74) is 0. The standard InChI is InChI=1S/C14H24N2O2/c1-2-3-4-5-8-15-14(18)11-9-13(17)16(10-11)12-6-7-12/h11-12H,2-10H2,1H3,(H,15,18). The summed E-state index contributed by atoms with van der Waals surface area (Å²) in [6.45, 7) is 3.58. The third-order valence-corrected chi connectivity index (χ3v) is 3.85. The third-order valence-electron chi connectivity index (χ3n) is 3.85. The van der Waals surface area contributed by atoms with Crippen molar-refractivity contribution in [1.29, 1.82) is 0 Å². The van der Waals surface area contributed by atoms with Crippen LogP contribution in [0.5, 0.6) is 0 Å². The Morgan fingerprint density at radius 3 is 2.78 bits per heavy atom. The van der Waals surface area contributed by atoms with Crippen LogP contribution < -0.4 is 5.32 Å². The van der Waals surface area contributed by atoms with E-state index in [0.29, 0.717) is 19.0 Å². The minimum atomic E-state index is -0.107. The highest BCUT2D eigenvalue weighted by molar-refractivity contribution is 5.89. The van der Waals surface area contributed by atoms with Gasteiger partial charge in [-0.05, 0) is 19.3 Å². The number of unbranched alkanes of at least 4 members (excludes halogenated alkanes) is 3. The molecular weight excluding hydrogens is 228 g/mol. The second-order valence-electron chi connectivity index (χ2n) is 5.53. The number of rotatable bonds is 7. The molecule has 4 nitrogen and oxygen atoms in total. The van der Waals surface area contributed by atoms with Gasteiger partial charge in [-0.15, -0.1) is 0 Å². The predicted octanol–water partition coefficient (Wildman–Crippen LogP) is 1.69. The molecule has 0 aromatic carbocycles. The van der Waals surface area contributed by atoms with Gasteiger partial charge in [0.15, 0.2) is 0 Å². The van der Waals surface area contributed by atoms with Crippen LogP contribution in [0.2, 0.25) is 0 Å². The lowest BCUT2D eigenvalue weighted by molar-refractivity contribution is -0.129. The van der Waals surface area contributed by atoms with Crippen molar-refractivity contribution in [2.75, 3.05) is 13.1 Å². The summed E-state index contributed by atoms with van der Waals surface area (Å²) >= 11 is 0. The fourth-order valence-electron chi connectivity index (χ4n) is 2.55. The highest BCUT2D eigenvalue weighted by atomic mass is 16.2. The summed E-state index contributed by atoms with van der Waals surface area (Å²) in [5, 5.41) is 2.97. The molecule has 102 valence electrons. The molecule has 1 aliphatic carbocycles. The molecule has 1 saturated carbocycles. The van der Waals surface area contributed by atoms with Crippen molar-refractivity contribution >= 4 is 11.8 Å². The lowest BCUT2D eigenvalue weighted by Gasteiger charge is -2.15. The Morgan fingerprint density at radius 2 is 2.11 bits per heavy atom. The first-order chi connectivity index (χ1) is 8.72. The molecule has 0 aromatic heterocycles. The normalized spacial score (nSPS) is 23.5. The molecule has 2 amide bonds. The van der Waals surface area contributed by atoms with E-state index in [2.05, 4.69) is 12.2 Å². The van der Waals surface area contributed by atoms with Crippen LogP contribution in [0.3, 0.4) is 0 Å². The zero-order valence-electron chi connectivity index (χ0n) is 11.3. The highest BCUT2D eigenvalue weighted by Gasteiger charge is 2.41. The van der Waals surface area contributed by atoms with Crippen molar-refractivity contribution in [3.63, 3.8) is 0 Å². The van der Waals surface area contributed by atoms with Gasteiger partial charge in [0.25, 0.3) is 0 Å². The van der Waals surface area contributed by atoms with Crippen LogP contribution in [-0.4, -0.2) is 35.8 Å². The van der Waals surface area contributed by atoms with E-state index < -0.39 is 0 Å². The van der Waals surface area contributed by atoms with Crippen LogP contribution in [0.15, 0.2) is 0 Å². The molecule has 4 heteroatoms. The average Bonchev–Trinajstić information content (AvgIpc) is 3.12. The molecule has 0 spiro atoms. The van der Waals surface area contributed by atoms with Crippen molar-refractivity contribution in [2.45, 2.75) is 57.9 Å². The first kappa shape index (κ1) is 13.4. The van der Waals surface area contributed by atoms with E-state index in [4.69, 9.17) is 0 Å². The maximum atomic E-state index is 11.9. The van der Waals surface area contributed by atoms with Gasteiger partial charge in [-0.3, -0.25) is 9.59 Å². The number of nitrogens with one attached hydrogen (secondary N) is 1. The Labute approximate surface area is 109 Å². The highest BCUT2D eigenvalue weighted by Crippen LogP contribution is 2.32. The zero-order chi connectivity index (χ0) is 13.0. The first-order valence-electron chi connectivity index (χ1n) is 7.29. The Kier molecular flexibility index (Phi) is 4.61. The smallest absolute Gasteiger partial charge is 0.225 e. The molecule has 1 heterocycles. The van der Waals surface area contributed by atoms with E-state index in [1.807, 2.05) is 4.90 Å². The van der Waals surface area contributed by atoms with Gasteiger partial charge in [-0.1, -0.05) is 26.2 Å². The Morgan fingerprint density at radius 1 is 1.33 bits per heavy atom. The fraction of sp³-hybridized carbons (Fsp3) is 0.857. The molecule has 1 atom stereocenters. The predicted molar refractivity (Wildman–Crippen MR) is 70.0 cm³/mol. The number of carbonyl (C=O) groups excluding carboxylic acids is 2. The van der Waals surface area contributed by atoms with Crippen LogP contribution in [-0.2, 0) is 9.59 Å². The SMILES string of the molecule is CCCCCCNC(=O)C1CC(=O)N(C2CC2)C1. The summed E-state index contributed by atoms with van der Waals surface area (Å²) in [6, 6.07) is 0.444. The lowest BCUT2D eigenvalue weighted by Crippen LogP contribution is -2.34. The molecule has 0 bridgehead atoms. The fourth-order valence-corrected chi connectivity index (χ4v) is 2.55. The van der Waals surface area contributed by atoms with Gasteiger partial charge in [0, 0.05) is 25.6 Å². The van der Waals surface area contributed by atoms with Crippen LogP contribution in [0.4, 0.5) is 0 Å². The topological polar surface area (TPSA) is 49.4 Å². The van der Waals surface area contributed by atoms with E-state index in [9.17, 15) is 9.59 Å². The third kappa shape index (κ3) is 3.47. The summed E-state index contributed by atoms with van der Waals surface area (Å²) < 4.78 is 0. The first-order valence-corrected chi connectivity index (χ1v) is 7.29. The molecule has 1 saturated heterocycles. The van der Waals surface area contributed by atoms with Gasteiger partial charge in [-0.2, -0.15) is 0 Å². The van der Waals surface area contributed by atoms with E-state index in [1.165, 1.54) is 19.3 Å². The Bertz CT molecular complexity index is 313. The van der Waals surface area contributed by atoms with Crippen molar-refractivity contribution in [1.82, 2.24) is 10.2 Å². The van der Waals surface area contributed by atoms with Gasteiger partial charge in [-0.25, -0.2) is 0 Å². The maximum absolute atomic E-state index is 11.9. The van der Waals surface area contributed by atoms with Gasteiger partial charge in [0.2, 0.25) is 11.8 Å². The monoisotopic (exact) mass is 252 g/mol. The van der Waals surface area contributed by atoms with E-state index in [0.717, 1.165) is 25.8 Å². The average molecular weight is 252 g/mol. The number of amides is 2.